The normalized spacial score (nSPS) is 10.7. The van der Waals surface area contributed by atoms with Crippen molar-refractivity contribution in [3.05, 3.63) is 0 Å². The van der Waals surface area contributed by atoms with Crippen LogP contribution in [0.4, 0.5) is 0 Å². The first-order valence-electron chi connectivity index (χ1n) is 4.18. The van der Waals surface area contributed by atoms with Gasteiger partial charge >= 0.3 is 0 Å². The molecule has 0 unspecified atom stereocenters. The highest BCUT2D eigenvalue weighted by Crippen LogP contribution is 1.99. The lowest BCUT2D eigenvalue weighted by Gasteiger charge is -2.07. The molecule has 0 rings (SSSR count). The molecule has 0 fully saturated rings. The molecule has 0 radical (unpaired) electrons. The van der Waals surface area contributed by atoms with E-state index in [0.29, 0.717) is 6.54 Å². The Morgan fingerprint density at radius 1 is 1.50 bits per heavy atom. The van der Waals surface area contributed by atoms with Crippen molar-refractivity contribution in [3.8, 4) is 0 Å². The molecule has 0 bridgehead atoms. The maximum absolute atomic E-state index is 11.1. The van der Waals surface area contributed by atoms with Gasteiger partial charge in [-0.25, -0.2) is 0 Å². The minimum atomic E-state index is 0.226. The molecule has 0 saturated heterocycles. The molecule has 1 N–H and O–H groups in total. The van der Waals surface area contributed by atoms with Gasteiger partial charge in [0.15, 0.2) is 0 Å². The summed E-state index contributed by atoms with van der Waals surface area (Å²) in [5, 5.41) is 3.39. The molecule has 4 heteroatoms. The first-order valence-corrected chi connectivity index (χ1v) is 5.16. The van der Waals surface area contributed by atoms with E-state index in [4.69, 9.17) is 0 Å². The Morgan fingerprint density at radius 2 is 2.17 bits per heavy atom. The van der Waals surface area contributed by atoms with Crippen LogP contribution in [-0.2, 0) is 4.79 Å². The van der Waals surface area contributed by atoms with Crippen molar-refractivity contribution < 1.29 is 4.79 Å². The van der Waals surface area contributed by atoms with E-state index in [1.165, 1.54) is 11.8 Å². The predicted octanol–water partition coefficient (Wildman–Crippen LogP) is 0.765. The molecule has 0 heterocycles. The van der Waals surface area contributed by atoms with Gasteiger partial charge in [0.05, 0.1) is 6.54 Å². The fourth-order valence-corrected chi connectivity index (χ4v) is 1.44. The number of rotatable bonds is 6. The van der Waals surface area contributed by atoms with E-state index in [-0.39, 0.29) is 5.12 Å². The topological polar surface area (TPSA) is 32.3 Å². The van der Waals surface area contributed by atoms with Crippen LogP contribution >= 0.6 is 11.8 Å². The summed E-state index contributed by atoms with van der Waals surface area (Å²) in [6, 6.07) is 0. The van der Waals surface area contributed by atoms with Gasteiger partial charge in [0.1, 0.15) is 0 Å². The highest BCUT2D eigenvalue weighted by atomic mass is 32.2. The second-order valence-corrected chi connectivity index (χ2v) is 3.93. The molecule has 0 amide bonds. The van der Waals surface area contributed by atoms with E-state index in [0.717, 1.165) is 18.8 Å². The van der Waals surface area contributed by atoms with Gasteiger partial charge in [0.2, 0.25) is 5.12 Å². The Kier molecular flexibility index (Phi) is 7.54. The summed E-state index contributed by atoms with van der Waals surface area (Å²) in [5.74, 6) is 0.737. The zero-order valence-electron chi connectivity index (χ0n) is 8.09. The number of carbonyl (C=O) groups excluding carboxylic acids is 1. The quantitative estimate of drug-likeness (QED) is 0.495. The molecule has 0 aromatic carbocycles. The Hall–Kier alpha value is -0.0600. The Bertz CT molecular complexity index is 128. The van der Waals surface area contributed by atoms with E-state index >= 15 is 0 Å². The number of hydrogen-bond donors (Lipinski definition) is 1. The molecular formula is C8H18N2OS. The fourth-order valence-electron chi connectivity index (χ4n) is 0.684. The summed E-state index contributed by atoms with van der Waals surface area (Å²) in [6.07, 6.45) is 1.11. The smallest absolute Gasteiger partial charge is 0.204 e. The zero-order chi connectivity index (χ0) is 9.40. The lowest BCUT2D eigenvalue weighted by atomic mass is 10.5. The lowest BCUT2D eigenvalue weighted by Crippen LogP contribution is -2.22. The molecule has 0 aliphatic rings. The monoisotopic (exact) mass is 190 g/mol. The van der Waals surface area contributed by atoms with E-state index in [1.807, 2.05) is 19.0 Å². The maximum atomic E-state index is 11.1. The van der Waals surface area contributed by atoms with E-state index in [2.05, 4.69) is 12.2 Å². The molecule has 72 valence electrons. The van der Waals surface area contributed by atoms with Crippen LogP contribution in [0, 0.1) is 0 Å². The van der Waals surface area contributed by atoms with Crippen LogP contribution in [0.2, 0.25) is 0 Å². The summed E-state index contributed by atoms with van der Waals surface area (Å²) < 4.78 is 0. The minimum absolute atomic E-state index is 0.226. The third-order valence-corrected chi connectivity index (χ3v) is 2.01. The highest BCUT2D eigenvalue weighted by Gasteiger charge is 2.02. The number of carbonyl (C=O) groups is 1. The van der Waals surface area contributed by atoms with Crippen LogP contribution in [0.1, 0.15) is 13.3 Å². The Morgan fingerprint density at radius 3 is 2.67 bits per heavy atom. The average Bonchev–Trinajstić information content (AvgIpc) is 1.97. The summed E-state index contributed by atoms with van der Waals surface area (Å²) >= 11 is 1.35. The Balaban J connectivity index is 3.20. The van der Waals surface area contributed by atoms with Gasteiger partial charge in [-0.15, -0.1) is 0 Å². The van der Waals surface area contributed by atoms with Gasteiger partial charge in [-0.3, -0.25) is 4.79 Å². The molecular weight excluding hydrogens is 172 g/mol. The number of nitrogens with zero attached hydrogens (tertiary/aromatic N) is 1. The van der Waals surface area contributed by atoms with Crippen molar-refractivity contribution in [1.82, 2.24) is 10.2 Å². The molecule has 0 atom stereocenters. The molecule has 0 spiro atoms. The van der Waals surface area contributed by atoms with Crippen molar-refractivity contribution in [2.45, 2.75) is 13.3 Å². The van der Waals surface area contributed by atoms with E-state index < -0.39 is 0 Å². The summed E-state index contributed by atoms with van der Waals surface area (Å²) in [5.41, 5.74) is 0. The maximum Gasteiger partial charge on any atom is 0.204 e. The number of hydrogen-bond acceptors (Lipinski definition) is 4. The first-order chi connectivity index (χ1) is 5.66. The van der Waals surface area contributed by atoms with Gasteiger partial charge in [-0.1, -0.05) is 18.7 Å². The summed E-state index contributed by atoms with van der Waals surface area (Å²) in [4.78, 5) is 13.0. The standard InChI is InChI=1S/C8H18N2OS/c1-4-5-9-7-12-8(11)6-10(2)3/h9H,4-7H2,1-3H3. The van der Waals surface area contributed by atoms with Crippen LogP contribution in [-0.4, -0.2) is 43.1 Å². The van der Waals surface area contributed by atoms with Crippen molar-refractivity contribution in [3.63, 3.8) is 0 Å². The first kappa shape index (κ1) is 11.9. The highest BCUT2D eigenvalue weighted by molar-refractivity contribution is 8.13. The van der Waals surface area contributed by atoms with E-state index in [9.17, 15) is 4.79 Å². The van der Waals surface area contributed by atoms with Crippen LogP contribution < -0.4 is 5.32 Å². The molecule has 0 aromatic heterocycles. The van der Waals surface area contributed by atoms with Crippen LogP contribution in [0.5, 0.6) is 0 Å². The third-order valence-electron chi connectivity index (χ3n) is 1.21. The molecule has 0 aromatic rings. The predicted molar refractivity (Wildman–Crippen MR) is 54.3 cm³/mol. The second-order valence-electron chi connectivity index (χ2n) is 2.90. The second kappa shape index (κ2) is 7.58. The summed E-state index contributed by atoms with van der Waals surface area (Å²) in [7, 11) is 3.80. The summed E-state index contributed by atoms with van der Waals surface area (Å²) in [6.45, 7) is 3.63. The largest absolute Gasteiger partial charge is 0.308 e. The van der Waals surface area contributed by atoms with Crippen molar-refractivity contribution in [1.29, 1.82) is 0 Å². The fraction of sp³-hybridized carbons (Fsp3) is 0.875. The average molecular weight is 190 g/mol. The SMILES string of the molecule is CCCNCSC(=O)CN(C)C. The van der Waals surface area contributed by atoms with Crippen LogP contribution in [0.25, 0.3) is 0 Å². The molecule has 12 heavy (non-hydrogen) atoms. The van der Waals surface area contributed by atoms with E-state index in [1.54, 1.807) is 0 Å². The van der Waals surface area contributed by atoms with Gasteiger partial charge < -0.3 is 10.2 Å². The van der Waals surface area contributed by atoms with Crippen LogP contribution in [0.3, 0.4) is 0 Å². The van der Waals surface area contributed by atoms with Crippen molar-refractivity contribution in [2.75, 3.05) is 33.1 Å². The van der Waals surface area contributed by atoms with Crippen molar-refractivity contribution in [2.24, 2.45) is 0 Å². The van der Waals surface area contributed by atoms with Gasteiger partial charge in [0.25, 0.3) is 0 Å². The molecule has 3 nitrogen and oxygen atoms in total. The van der Waals surface area contributed by atoms with Crippen molar-refractivity contribution >= 4 is 16.9 Å². The zero-order valence-corrected chi connectivity index (χ0v) is 8.91. The molecule has 0 saturated carbocycles. The molecule has 0 aliphatic carbocycles. The van der Waals surface area contributed by atoms with Gasteiger partial charge in [0, 0.05) is 5.88 Å². The number of thioether (sulfide) groups is 1. The molecule has 0 aliphatic heterocycles. The lowest BCUT2D eigenvalue weighted by molar-refractivity contribution is -0.111. The van der Waals surface area contributed by atoms with Gasteiger partial charge in [-0.2, -0.15) is 0 Å². The minimum Gasteiger partial charge on any atom is -0.308 e. The number of nitrogens with one attached hydrogen (secondary N) is 1. The Labute approximate surface area is 78.9 Å². The number of likely N-dealkylation sites (N-methyl/N-ethyl adjacent to an activating group) is 1. The van der Waals surface area contributed by atoms with Gasteiger partial charge in [-0.05, 0) is 27.1 Å². The third kappa shape index (κ3) is 8.04. The van der Waals surface area contributed by atoms with Crippen LogP contribution in [0.15, 0.2) is 0 Å².